The standard InChI is InChI=1S/C16H21N5O3S.ClH/c1-12(22)19-13-3-5-14(6-4-13)25(23,24)21-10-7-17-11-15(21)16-18-8-9-20(16)2;/h3-6,8-9,15,17H,7,10-11H2,1-2H3,(H,19,22);1H. The molecule has 2 aromatic rings. The number of sulfonamides is 1. The number of hydrogen-bond donors (Lipinski definition) is 2. The summed E-state index contributed by atoms with van der Waals surface area (Å²) in [5, 5.41) is 5.86. The molecule has 0 bridgehead atoms. The summed E-state index contributed by atoms with van der Waals surface area (Å²) in [4.78, 5) is 15.6. The highest BCUT2D eigenvalue weighted by Crippen LogP contribution is 2.28. The predicted molar refractivity (Wildman–Crippen MR) is 101 cm³/mol. The van der Waals surface area contributed by atoms with Crippen LogP contribution in [0.2, 0.25) is 0 Å². The molecule has 2 heterocycles. The van der Waals surface area contributed by atoms with Crippen LogP contribution in [0.1, 0.15) is 18.8 Å². The van der Waals surface area contributed by atoms with Gasteiger partial charge >= 0.3 is 0 Å². The van der Waals surface area contributed by atoms with Gasteiger partial charge in [-0.2, -0.15) is 4.31 Å². The SMILES string of the molecule is CC(=O)Nc1ccc(S(=O)(=O)N2CCNCC2c2nccn2C)cc1.Cl. The highest BCUT2D eigenvalue weighted by Gasteiger charge is 2.36. The second-order valence-electron chi connectivity index (χ2n) is 5.94. The number of rotatable bonds is 4. The molecule has 0 spiro atoms. The van der Waals surface area contributed by atoms with Crippen molar-refractivity contribution < 1.29 is 13.2 Å². The summed E-state index contributed by atoms with van der Waals surface area (Å²) in [6, 6.07) is 5.84. The van der Waals surface area contributed by atoms with Gasteiger partial charge < -0.3 is 15.2 Å². The zero-order valence-electron chi connectivity index (χ0n) is 14.5. The maximum atomic E-state index is 13.1. The van der Waals surface area contributed by atoms with Crippen LogP contribution in [0.25, 0.3) is 0 Å². The molecule has 2 N–H and O–H groups in total. The van der Waals surface area contributed by atoms with Gasteiger partial charge in [0.05, 0.1) is 10.9 Å². The van der Waals surface area contributed by atoms with Crippen LogP contribution in [-0.2, 0) is 21.9 Å². The van der Waals surface area contributed by atoms with Gasteiger partial charge in [-0.3, -0.25) is 4.79 Å². The number of aryl methyl sites for hydroxylation is 1. The summed E-state index contributed by atoms with van der Waals surface area (Å²) in [6.07, 6.45) is 3.47. The van der Waals surface area contributed by atoms with Crippen molar-refractivity contribution in [3.63, 3.8) is 0 Å². The Morgan fingerprint density at radius 2 is 2.00 bits per heavy atom. The lowest BCUT2D eigenvalue weighted by Gasteiger charge is -2.34. The molecular weight excluding hydrogens is 378 g/mol. The van der Waals surface area contributed by atoms with Crippen molar-refractivity contribution in [3.8, 4) is 0 Å². The minimum Gasteiger partial charge on any atom is -0.337 e. The van der Waals surface area contributed by atoms with Crippen LogP contribution >= 0.6 is 12.4 Å². The fraction of sp³-hybridized carbons (Fsp3) is 0.375. The molecule has 1 amide bonds. The molecule has 1 unspecified atom stereocenters. The lowest BCUT2D eigenvalue weighted by atomic mass is 10.2. The first-order chi connectivity index (χ1) is 11.9. The third-order valence-corrected chi connectivity index (χ3v) is 6.05. The molecule has 1 aliphatic heterocycles. The van der Waals surface area contributed by atoms with Gasteiger partial charge in [0.1, 0.15) is 5.82 Å². The molecule has 0 radical (unpaired) electrons. The molecule has 1 fully saturated rings. The van der Waals surface area contributed by atoms with Gasteiger partial charge in [-0.05, 0) is 24.3 Å². The second kappa shape index (κ2) is 8.17. The Morgan fingerprint density at radius 1 is 1.31 bits per heavy atom. The zero-order valence-corrected chi connectivity index (χ0v) is 16.2. The van der Waals surface area contributed by atoms with Crippen LogP contribution in [-0.4, -0.2) is 47.8 Å². The number of carbonyl (C=O) groups is 1. The molecular formula is C16H22ClN5O3S. The van der Waals surface area contributed by atoms with Crippen molar-refractivity contribution in [1.82, 2.24) is 19.2 Å². The molecule has 1 atom stereocenters. The molecule has 10 heteroatoms. The van der Waals surface area contributed by atoms with E-state index in [9.17, 15) is 13.2 Å². The van der Waals surface area contributed by atoms with Gasteiger partial charge in [-0.15, -0.1) is 12.4 Å². The van der Waals surface area contributed by atoms with E-state index in [1.807, 2.05) is 11.6 Å². The van der Waals surface area contributed by atoms with Gasteiger partial charge in [0.15, 0.2) is 0 Å². The average Bonchev–Trinajstić information content (AvgIpc) is 3.01. The normalized spacial score (nSPS) is 18.2. The van der Waals surface area contributed by atoms with Crippen molar-refractivity contribution in [2.24, 2.45) is 7.05 Å². The second-order valence-corrected chi connectivity index (χ2v) is 7.83. The third-order valence-electron chi connectivity index (χ3n) is 4.13. The number of carbonyl (C=O) groups excluding carboxylic acids is 1. The monoisotopic (exact) mass is 399 g/mol. The van der Waals surface area contributed by atoms with Crippen molar-refractivity contribution in [2.45, 2.75) is 17.9 Å². The summed E-state index contributed by atoms with van der Waals surface area (Å²) in [5.41, 5.74) is 0.562. The molecule has 1 aromatic carbocycles. The molecule has 1 aromatic heterocycles. The first-order valence-corrected chi connectivity index (χ1v) is 9.41. The predicted octanol–water partition coefficient (Wildman–Crippen LogP) is 1.14. The largest absolute Gasteiger partial charge is 0.337 e. The van der Waals surface area contributed by atoms with Gasteiger partial charge in [0, 0.05) is 51.7 Å². The number of imidazole rings is 1. The number of halogens is 1. The zero-order chi connectivity index (χ0) is 18.0. The van der Waals surface area contributed by atoms with Crippen LogP contribution in [0.4, 0.5) is 5.69 Å². The lowest BCUT2D eigenvalue weighted by Crippen LogP contribution is -2.49. The van der Waals surface area contributed by atoms with Crippen LogP contribution in [0.3, 0.4) is 0 Å². The van der Waals surface area contributed by atoms with Crippen molar-refractivity contribution in [2.75, 3.05) is 25.0 Å². The number of nitrogens with one attached hydrogen (secondary N) is 2. The van der Waals surface area contributed by atoms with Crippen molar-refractivity contribution >= 4 is 34.0 Å². The highest BCUT2D eigenvalue weighted by molar-refractivity contribution is 7.89. The number of anilines is 1. The molecule has 3 rings (SSSR count). The Kier molecular flexibility index (Phi) is 6.40. The van der Waals surface area contributed by atoms with Crippen LogP contribution in [0.5, 0.6) is 0 Å². The molecule has 1 aliphatic rings. The maximum absolute atomic E-state index is 13.1. The summed E-state index contributed by atoms with van der Waals surface area (Å²) < 4.78 is 29.5. The molecule has 142 valence electrons. The van der Waals surface area contributed by atoms with E-state index in [2.05, 4.69) is 15.6 Å². The first kappa shape index (κ1) is 20.4. The Morgan fingerprint density at radius 3 is 2.58 bits per heavy atom. The van der Waals surface area contributed by atoms with Crippen LogP contribution in [0, 0.1) is 0 Å². The Labute approximate surface area is 159 Å². The number of nitrogens with zero attached hydrogens (tertiary/aromatic N) is 3. The van der Waals surface area contributed by atoms with E-state index in [4.69, 9.17) is 0 Å². The number of benzene rings is 1. The summed E-state index contributed by atoms with van der Waals surface area (Å²) in [6.45, 7) is 2.87. The third kappa shape index (κ3) is 4.07. The average molecular weight is 400 g/mol. The van der Waals surface area contributed by atoms with E-state index >= 15 is 0 Å². The van der Waals surface area contributed by atoms with E-state index < -0.39 is 10.0 Å². The van der Waals surface area contributed by atoms with Gasteiger partial charge in [0.25, 0.3) is 0 Å². The molecule has 0 saturated carbocycles. The topological polar surface area (TPSA) is 96.3 Å². The Bertz CT molecular complexity index is 866. The number of hydrogen-bond acceptors (Lipinski definition) is 5. The first-order valence-electron chi connectivity index (χ1n) is 7.97. The van der Waals surface area contributed by atoms with Gasteiger partial charge in [-0.25, -0.2) is 13.4 Å². The quantitative estimate of drug-likeness (QED) is 0.803. The molecule has 1 saturated heterocycles. The van der Waals surface area contributed by atoms with E-state index in [1.165, 1.54) is 23.4 Å². The number of piperazine rings is 1. The maximum Gasteiger partial charge on any atom is 0.243 e. The van der Waals surface area contributed by atoms with Crippen LogP contribution in [0.15, 0.2) is 41.6 Å². The van der Waals surface area contributed by atoms with E-state index in [0.29, 0.717) is 31.1 Å². The van der Waals surface area contributed by atoms with E-state index in [1.54, 1.807) is 24.5 Å². The van der Waals surface area contributed by atoms with E-state index in [-0.39, 0.29) is 29.3 Å². The fourth-order valence-corrected chi connectivity index (χ4v) is 4.53. The molecule has 8 nitrogen and oxygen atoms in total. The van der Waals surface area contributed by atoms with E-state index in [0.717, 1.165) is 0 Å². The van der Waals surface area contributed by atoms with Crippen molar-refractivity contribution in [3.05, 3.63) is 42.5 Å². The van der Waals surface area contributed by atoms with Crippen LogP contribution < -0.4 is 10.6 Å². The highest BCUT2D eigenvalue weighted by atomic mass is 35.5. The van der Waals surface area contributed by atoms with Crippen molar-refractivity contribution in [1.29, 1.82) is 0 Å². The lowest BCUT2D eigenvalue weighted by molar-refractivity contribution is -0.114. The minimum absolute atomic E-state index is 0. The number of amides is 1. The fourth-order valence-electron chi connectivity index (χ4n) is 2.94. The minimum atomic E-state index is -3.67. The molecule has 26 heavy (non-hydrogen) atoms. The summed E-state index contributed by atoms with van der Waals surface area (Å²) >= 11 is 0. The summed E-state index contributed by atoms with van der Waals surface area (Å²) in [5.74, 6) is 0.498. The number of aromatic nitrogens is 2. The molecule has 0 aliphatic carbocycles. The summed E-state index contributed by atoms with van der Waals surface area (Å²) in [7, 11) is -1.82. The van der Waals surface area contributed by atoms with Gasteiger partial charge in [-0.1, -0.05) is 0 Å². The smallest absolute Gasteiger partial charge is 0.243 e. The Hall–Kier alpha value is -1.94. The van der Waals surface area contributed by atoms with Gasteiger partial charge in [0.2, 0.25) is 15.9 Å². The Balaban J connectivity index is 0.00000243.